The van der Waals surface area contributed by atoms with Gasteiger partial charge in [0.2, 0.25) is 0 Å². The standard InChI is InChI=1S/C15H16N2O3/c1-7-3-13(18)11(16)5-9(7)15(20)10-6-12(17)14(19)4-8(10)2/h3-6,18-19H,16-17H2,1-2H3. The number of phenolic OH excluding ortho intramolecular Hbond substituents is 2. The maximum atomic E-state index is 12.5. The molecule has 5 heteroatoms. The second kappa shape index (κ2) is 4.77. The van der Waals surface area contributed by atoms with E-state index >= 15 is 0 Å². The molecule has 2 aromatic carbocycles. The zero-order chi connectivity index (χ0) is 15.0. The number of phenols is 2. The van der Waals surface area contributed by atoms with Gasteiger partial charge in [-0.1, -0.05) is 0 Å². The van der Waals surface area contributed by atoms with Crippen LogP contribution in [0.15, 0.2) is 24.3 Å². The van der Waals surface area contributed by atoms with E-state index in [4.69, 9.17) is 11.5 Å². The van der Waals surface area contributed by atoms with Crippen molar-refractivity contribution in [3.63, 3.8) is 0 Å². The van der Waals surface area contributed by atoms with Crippen LogP contribution in [0.2, 0.25) is 0 Å². The molecule has 0 amide bonds. The number of hydrogen-bond donors (Lipinski definition) is 4. The summed E-state index contributed by atoms with van der Waals surface area (Å²) in [5, 5.41) is 19.0. The Morgan fingerprint density at radius 1 is 0.850 bits per heavy atom. The van der Waals surface area contributed by atoms with Crippen LogP contribution in [0.25, 0.3) is 0 Å². The minimum atomic E-state index is -0.251. The first-order valence-electron chi connectivity index (χ1n) is 6.04. The summed E-state index contributed by atoms with van der Waals surface area (Å²) in [7, 11) is 0. The lowest BCUT2D eigenvalue weighted by Gasteiger charge is -2.11. The van der Waals surface area contributed by atoms with E-state index in [-0.39, 0.29) is 28.7 Å². The number of ketones is 1. The maximum absolute atomic E-state index is 12.5. The van der Waals surface area contributed by atoms with Crippen molar-refractivity contribution in [2.45, 2.75) is 13.8 Å². The third kappa shape index (κ3) is 2.25. The largest absolute Gasteiger partial charge is 0.506 e. The van der Waals surface area contributed by atoms with Gasteiger partial charge >= 0.3 is 0 Å². The molecule has 0 aliphatic heterocycles. The highest BCUT2D eigenvalue weighted by atomic mass is 16.3. The number of benzene rings is 2. The zero-order valence-corrected chi connectivity index (χ0v) is 11.3. The molecule has 0 atom stereocenters. The molecule has 0 aliphatic carbocycles. The third-order valence-electron chi connectivity index (χ3n) is 3.24. The lowest BCUT2D eigenvalue weighted by atomic mass is 9.94. The van der Waals surface area contributed by atoms with E-state index < -0.39 is 0 Å². The summed E-state index contributed by atoms with van der Waals surface area (Å²) in [4.78, 5) is 12.5. The fourth-order valence-corrected chi connectivity index (χ4v) is 2.05. The normalized spacial score (nSPS) is 10.5. The summed E-state index contributed by atoms with van der Waals surface area (Å²) in [6.07, 6.45) is 0. The Kier molecular flexibility index (Phi) is 3.28. The summed E-state index contributed by atoms with van der Waals surface area (Å²) in [6.45, 7) is 3.43. The summed E-state index contributed by atoms with van der Waals surface area (Å²) >= 11 is 0. The first kappa shape index (κ1) is 13.7. The van der Waals surface area contributed by atoms with Crippen molar-refractivity contribution in [2.75, 3.05) is 11.5 Å². The second-order valence-corrected chi connectivity index (χ2v) is 4.78. The van der Waals surface area contributed by atoms with Gasteiger partial charge in [-0.2, -0.15) is 0 Å². The fourth-order valence-electron chi connectivity index (χ4n) is 2.05. The lowest BCUT2D eigenvalue weighted by Crippen LogP contribution is -2.07. The van der Waals surface area contributed by atoms with Crippen LogP contribution in [0.3, 0.4) is 0 Å². The van der Waals surface area contributed by atoms with E-state index in [1.165, 1.54) is 24.3 Å². The minimum absolute atomic E-state index is 0.0546. The average molecular weight is 272 g/mol. The highest BCUT2D eigenvalue weighted by Gasteiger charge is 2.17. The Hall–Kier alpha value is -2.69. The van der Waals surface area contributed by atoms with Gasteiger partial charge in [-0.25, -0.2) is 0 Å². The van der Waals surface area contributed by atoms with Gasteiger partial charge in [0.15, 0.2) is 5.78 Å². The second-order valence-electron chi connectivity index (χ2n) is 4.78. The Balaban J connectivity index is 2.57. The fraction of sp³-hybridized carbons (Fsp3) is 0.133. The van der Waals surface area contributed by atoms with Gasteiger partial charge < -0.3 is 21.7 Å². The van der Waals surface area contributed by atoms with Crippen molar-refractivity contribution in [3.05, 3.63) is 46.5 Å². The number of nitrogens with two attached hydrogens (primary N) is 2. The van der Waals surface area contributed by atoms with Crippen LogP contribution in [-0.2, 0) is 0 Å². The highest BCUT2D eigenvalue weighted by Crippen LogP contribution is 2.29. The topological polar surface area (TPSA) is 110 Å². The van der Waals surface area contributed by atoms with Crippen molar-refractivity contribution in [2.24, 2.45) is 0 Å². The molecule has 0 bridgehead atoms. The highest BCUT2D eigenvalue weighted by molar-refractivity contribution is 6.12. The summed E-state index contributed by atoms with van der Waals surface area (Å²) < 4.78 is 0. The van der Waals surface area contributed by atoms with Crippen LogP contribution in [0.4, 0.5) is 11.4 Å². The van der Waals surface area contributed by atoms with Crippen molar-refractivity contribution < 1.29 is 15.0 Å². The molecule has 0 aromatic heterocycles. The number of aryl methyl sites for hydroxylation is 2. The molecule has 0 saturated heterocycles. The quantitative estimate of drug-likeness (QED) is 0.380. The molecule has 6 N–H and O–H groups in total. The maximum Gasteiger partial charge on any atom is 0.193 e. The van der Waals surface area contributed by atoms with E-state index in [1.54, 1.807) is 13.8 Å². The number of hydrogen-bond acceptors (Lipinski definition) is 5. The lowest BCUT2D eigenvalue weighted by molar-refractivity contribution is 0.103. The van der Waals surface area contributed by atoms with Gasteiger partial charge in [0.25, 0.3) is 0 Å². The Bertz CT molecular complexity index is 649. The third-order valence-corrected chi connectivity index (χ3v) is 3.24. The van der Waals surface area contributed by atoms with Gasteiger partial charge in [-0.05, 0) is 49.2 Å². The molecule has 0 heterocycles. The molecule has 2 rings (SSSR count). The molecule has 104 valence electrons. The van der Waals surface area contributed by atoms with Gasteiger partial charge in [-0.15, -0.1) is 0 Å². The van der Waals surface area contributed by atoms with Crippen LogP contribution in [-0.4, -0.2) is 16.0 Å². The smallest absolute Gasteiger partial charge is 0.193 e. The Morgan fingerprint density at radius 3 is 1.55 bits per heavy atom. The first-order chi connectivity index (χ1) is 9.31. The number of aromatic hydroxyl groups is 2. The Morgan fingerprint density at radius 2 is 1.20 bits per heavy atom. The molecule has 5 nitrogen and oxygen atoms in total. The molecule has 0 radical (unpaired) electrons. The van der Waals surface area contributed by atoms with Gasteiger partial charge in [-0.3, -0.25) is 4.79 Å². The molecule has 0 spiro atoms. The van der Waals surface area contributed by atoms with Gasteiger partial charge in [0.1, 0.15) is 11.5 Å². The molecule has 0 aliphatic rings. The van der Waals surface area contributed by atoms with Crippen LogP contribution in [0.5, 0.6) is 11.5 Å². The molecule has 0 unspecified atom stereocenters. The first-order valence-corrected chi connectivity index (χ1v) is 6.04. The van der Waals surface area contributed by atoms with Gasteiger partial charge in [0.05, 0.1) is 11.4 Å². The van der Waals surface area contributed by atoms with E-state index in [9.17, 15) is 15.0 Å². The predicted octanol–water partition coefficient (Wildman–Crippen LogP) is 2.11. The Labute approximate surface area is 116 Å². The van der Waals surface area contributed by atoms with Crippen LogP contribution >= 0.6 is 0 Å². The average Bonchev–Trinajstić information content (AvgIpc) is 2.37. The van der Waals surface area contributed by atoms with Crippen molar-refractivity contribution in [1.82, 2.24) is 0 Å². The molecule has 0 fully saturated rings. The molecular weight excluding hydrogens is 256 g/mol. The number of anilines is 2. The molecule has 2 aromatic rings. The number of rotatable bonds is 2. The number of carbonyl (C=O) groups is 1. The summed E-state index contributed by atoms with van der Waals surface area (Å²) in [5.74, 6) is -0.361. The molecule has 20 heavy (non-hydrogen) atoms. The molecular formula is C15H16N2O3. The van der Waals surface area contributed by atoms with Crippen molar-refractivity contribution in [3.8, 4) is 11.5 Å². The van der Waals surface area contributed by atoms with E-state index in [1.807, 2.05) is 0 Å². The minimum Gasteiger partial charge on any atom is -0.506 e. The van der Waals surface area contributed by atoms with E-state index in [2.05, 4.69) is 0 Å². The van der Waals surface area contributed by atoms with E-state index in [0.29, 0.717) is 22.3 Å². The monoisotopic (exact) mass is 272 g/mol. The van der Waals surface area contributed by atoms with Crippen LogP contribution < -0.4 is 11.5 Å². The molecule has 0 saturated carbocycles. The van der Waals surface area contributed by atoms with Gasteiger partial charge in [0, 0.05) is 11.1 Å². The zero-order valence-electron chi connectivity index (χ0n) is 11.3. The SMILES string of the molecule is Cc1cc(O)c(N)cc1C(=O)c1cc(N)c(O)cc1C. The van der Waals surface area contributed by atoms with Crippen LogP contribution in [0.1, 0.15) is 27.0 Å². The van der Waals surface area contributed by atoms with E-state index in [0.717, 1.165) is 0 Å². The number of nitrogen functional groups attached to an aromatic ring is 2. The predicted molar refractivity (Wildman–Crippen MR) is 77.9 cm³/mol. The summed E-state index contributed by atoms with van der Waals surface area (Å²) in [5.41, 5.74) is 13.6. The summed E-state index contributed by atoms with van der Waals surface area (Å²) in [6, 6.07) is 5.77. The van der Waals surface area contributed by atoms with Crippen LogP contribution in [0, 0.1) is 13.8 Å². The number of carbonyl (C=O) groups excluding carboxylic acids is 1. The van der Waals surface area contributed by atoms with Crippen molar-refractivity contribution in [1.29, 1.82) is 0 Å². The van der Waals surface area contributed by atoms with Crippen molar-refractivity contribution >= 4 is 17.2 Å².